The molecular formula is C22H25N3O4S. The first-order chi connectivity index (χ1) is 14.6. The molecule has 7 nitrogen and oxygen atoms in total. The van der Waals surface area contributed by atoms with E-state index in [0.29, 0.717) is 45.0 Å². The Morgan fingerprint density at radius 3 is 2.57 bits per heavy atom. The van der Waals surface area contributed by atoms with Gasteiger partial charge in [-0.15, -0.1) is 11.3 Å². The highest BCUT2D eigenvalue weighted by atomic mass is 32.1. The van der Waals surface area contributed by atoms with Crippen LogP contribution in [0.4, 0.5) is 4.79 Å². The largest absolute Gasteiger partial charge is 0.497 e. The summed E-state index contributed by atoms with van der Waals surface area (Å²) in [5.41, 5.74) is 1.74. The Kier molecular flexibility index (Phi) is 5.94. The molecule has 1 fully saturated rings. The molecule has 8 heteroatoms. The zero-order valence-corrected chi connectivity index (χ0v) is 18.0. The quantitative estimate of drug-likeness (QED) is 0.623. The van der Waals surface area contributed by atoms with Crippen LogP contribution in [0.25, 0.3) is 10.2 Å². The number of ether oxygens (including phenoxy) is 2. The van der Waals surface area contributed by atoms with Gasteiger partial charge in [-0.3, -0.25) is 4.79 Å². The van der Waals surface area contributed by atoms with E-state index < -0.39 is 0 Å². The lowest BCUT2D eigenvalue weighted by molar-refractivity contribution is 0.0563. The third-order valence-electron chi connectivity index (χ3n) is 5.29. The maximum Gasteiger partial charge on any atom is 0.409 e. The summed E-state index contributed by atoms with van der Waals surface area (Å²) in [6, 6.07) is 11.9. The number of hydrogen-bond acceptors (Lipinski definition) is 5. The Labute approximate surface area is 179 Å². The average Bonchev–Trinajstić information content (AvgIpc) is 3.36. The van der Waals surface area contributed by atoms with Gasteiger partial charge in [-0.25, -0.2) is 4.79 Å². The molecule has 4 rings (SSSR count). The van der Waals surface area contributed by atoms with Crippen LogP contribution in [-0.4, -0.2) is 66.3 Å². The molecule has 1 saturated heterocycles. The summed E-state index contributed by atoms with van der Waals surface area (Å²) in [5, 5.41) is 3.11. The molecule has 0 radical (unpaired) electrons. The van der Waals surface area contributed by atoms with Crippen molar-refractivity contribution in [2.24, 2.45) is 0 Å². The van der Waals surface area contributed by atoms with E-state index in [1.807, 2.05) is 46.7 Å². The third-order valence-corrected chi connectivity index (χ3v) is 6.24. The highest BCUT2D eigenvalue weighted by Gasteiger charge is 2.28. The average molecular weight is 428 g/mol. The molecule has 3 aromatic rings. The van der Waals surface area contributed by atoms with Crippen LogP contribution >= 0.6 is 11.3 Å². The molecule has 0 aliphatic carbocycles. The lowest BCUT2D eigenvalue weighted by Gasteiger charge is -2.34. The second-order valence-corrected chi connectivity index (χ2v) is 8.02. The van der Waals surface area contributed by atoms with Gasteiger partial charge in [-0.2, -0.15) is 0 Å². The number of fused-ring (bicyclic) bond motifs is 1. The van der Waals surface area contributed by atoms with E-state index in [-0.39, 0.29) is 12.0 Å². The molecule has 3 heterocycles. The van der Waals surface area contributed by atoms with Gasteiger partial charge in [0.05, 0.1) is 13.7 Å². The molecule has 0 saturated carbocycles. The minimum atomic E-state index is -0.313. The van der Waals surface area contributed by atoms with E-state index in [2.05, 4.69) is 4.57 Å². The lowest BCUT2D eigenvalue weighted by atomic mass is 10.2. The highest BCUT2D eigenvalue weighted by molar-refractivity contribution is 7.16. The minimum Gasteiger partial charge on any atom is -0.497 e. The number of hydrogen-bond donors (Lipinski definition) is 0. The normalized spacial score (nSPS) is 14.2. The fourth-order valence-corrected chi connectivity index (χ4v) is 4.63. The molecule has 0 N–H and O–H groups in total. The monoisotopic (exact) mass is 427 g/mol. The highest BCUT2D eigenvalue weighted by Crippen LogP contribution is 2.28. The molecule has 30 heavy (non-hydrogen) atoms. The summed E-state index contributed by atoms with van der Waals surface area (Å²) in [5.74, 6) is 0.787. The fourth-order valence-electron chi connectivity index (χ4n) is 3.73. The zero-order chi connectivity index (χ0) is 21.1. The Morgan fingerprint density at radius 1 is 1.07 bits per heavy atom. The molecule has 2 amide bonds. The van der Waals surface area contributed by atoms with Gasteiger partial charge in [-0.1, -0.05) is 12.1 Å². The Morgan fingerprint density at radius 2 is 1.83 bits per heavy atom. The SMILES string of the molecule is CCOC(=O)N1CCN(C(=O)c2cc3ccsc3n2Cc2cccc(OC)c2)CC1. The number of amides is 2. The number of thiophene rings is 1. The number of carbonyl (C=O) groups is 2. The standard InChI is InChI=1S/C22H25N3O4S/c1-3-29-22(27)24-10-8-23(9-11-24)20(26)19-14-17-7-12-30-21(17)25(19)15-16-5-4-6-18(13-16)28-2/h4-7,12-14H,3,8-11,15H2,1-2H3. The van der Waals surface area contributed by atoms with Crippen LogP contribution in [0, 0.1) is 0 Å². The molecule has 1 aliphatic heterocycles. The van der Waals surface area contributed by atoms with Crippen LogP contribution < -0.4 is 4.74 Å². The third kappa shape index (κ3) is 4.00. The van der Waals surface area contributed by atoms with Crippen molar-refractivity contribution in [2.75, 3.05) is 39.9 Å². The van der Waals surface area contributed by atoms with Crippen molar-refractivity contribution in [1.82, 2.24) is 14.4 Å². The van der Waals surface area contributed by atoms with Crippen LogP contribution in [0.3, 0.4) is 0 Å². The molecule has 0 bridgehead atoms. The second kappa shape index (κ2) is 8.79. The molecule has 158 valence electrons. The molecule has 1 aromatic carbocycles. The molecular weight excluding hydrogens is 402 g/mol. The van der Waals surface area contributed by atoms with Crippen molar-refractivity contribution in [1.29, 1.82) is 0 Å². The first-order valence-electron chi connectivity index (χ1n) is 10.0. The molecule has 2 aromatic heterocycles. The Hall–Kier alpha value is -3.00. The summed E-state index contributed by atoms with van der Waals surface area (Å²) >= 11 is 1.63. The number of methoxy groups -OCH3 is 1. The van der Waals surface area contributed by atoms with Crippen molar-refractivity contribution in [3.8, 4) is 5.75 Å². The smallest absolute Gasteiger partial charge is 0.409 e. The second-order valence-electron chi connectivity index (χ2n) is 7.13. The fraction of sp³-hybridized carbons (Fsp3) is 0.364. The van der Waals surface area contributed by atoms with E-state index in [4.69, 9.17) is 9.47 Å². The predicted molar refractivity (Wildman–Crippen MR) is 116 cm³/mol. The zero-order valence-electron chi connectivity index (χ0n) is 17.2. The number of piperazine rings is 1. The van der Waals surface area contributed by atoms with Crippen LogP contribution in [0.1, 0.15) is 23.0 Å². The lowest BCUT2D eigenvalue weighted by Crippen LogP contribution is -2.51. The van der Waals surface area contributed by atoms with Gasteiger partial charge in [0.1, 0.15) is 16.3 Å². The van der Waals surface area contributed by atoms with Crippen LogP contribution in [0.15, 0.2) is 41.8 Å². The molecule has 0 atom stereocenters. The predicted octanol–water partition coefficient (Wildman–Crippen LogP) is 3.67. The van der Waals surface area contributed by atoms with Crippen molar-refractivity contribution in [2.45, 2.75) is 13.5 Å². The minimum absolute atomic E-state index is 0.00944. The van der Waals surface area contributed by atoms with Gasteiger partial charge >= 0.3 is 6.09 Å². The topological polar surface area (TPSA) is 64.0 Å². The molecule has 0 unspecified atom stereocenters. The first kappa shape index (κ1) is 20.3. The van der Waals surface area contributed by atoms with Crippen LogP contribution in [0.5, 0.6) is 5.75 Å². The van der Waals surface area contributed by atoms with Crippen LogP contribution in [0.2, 0.25) is 0 Å². The molecule has 0 spiro atoms. The van der Waals surface area contributed by atoms with Crippen molar-refractivity contribution < 1.29 is 19.1 Å². The first-order valence-corrected chi connectivity index (χ1v) is 10.9. The van der Waals surface area contributed by atoms with Crippen molar-refractivity contribution in [3.63, 3.8) is 0 Å². The number of benzene rings is 1. The van der Waals surface area contributed by atoms with Gasteiger partial charge in [0.2, 0.25) is 0 Å². The number of carbonyl (C=O) groups excluding carboxylic acids is 2. The maximum absolute atomic E-state index is 13.4. The van der Waals surface area contributed by atoms with Gasteiger partial charge in [0, 0.05) is 38.1 Å². The number of nitrogens with zero attached hydrogens (tertiary/aromatic N) is 3. The van der Waals surface area contributed by atoms with Gasteiger partial charge in [0.15, 0.2) is 0 Å². The summed E-state index contributed by atoms with van der Waals surface area (Å²) < 4.78 is 12.5. The molecule has 1 aliphatic rings. The van der Waals surface area contributed by atoms with Gasteiger partial charge in [0.25, 0.3) is 5.91 Å². The number of aromatic nitrogens is 1. The summed E-state index contributed by atoms with van der Waals surface area (Å²) in [6.45, 7) is 4.69. The van der Waals surface area contributed by atoms with E-state index in [0.717, 1.165) is 21.5 Å². The number of rotatable bonds is 5. The summed E-state index contributed by atoms with van der Waals surface area (Å²) in [7, 11) is 1.65. The van der Waals surface area contributed by atoms with Gasteiger partial charge < -0.3 is 23.8 Å². The summed E-state index contributed by atoms with van der Waals surface area (Å²) in [4.78, 5) is 29.8. The van der Waals surface area contributed by atoms with E-state index in [1.165, 1.54) is 0 Å². The Balaban J connectivity index is 1.55. The van der Waals surface area contributed by atoms with E-state index in [9.17, 15) is 9.59 Å². The van der Waals surface area contributed by atoms with E-state index in [1.54, 1.807) is 30.3 Å². The summed E-state index contributed by atoms with van der Waals surface area (Å²) in [6.07, 6.45) is -0.313. The van der Waals surface area contributed by atoms with Crippen molar-refractivity contribution >= 4 is 33.6 Å². The van der Waals surface area contributed by atoms with Crippen molar-refractivity contribution in [3.05, 3.63) is 53.0 Å². The van der Waals surface area contributed by atoms with E-state index >= 15 is 0 Å². The Bertz CT molecular complexity index is 1050. The van der Waals surface area contributed by atoms with Gasteiger partial charge in [-0.05, 0) is 42.1 Å². The van der Waals surface area contributed by atoms with Crippen LogP contribution in [-0.2, 0) is 11.3 Å². The maximum atomic E-state index is 13.4.